The van der Waals surface area contributed by atoms with E-state index in [0.717, 1.165) is 12.8 Å². The number of hydrogen-bond donors (Lipinski definition) is 2. The Morgan fingerprint density at radius 3 is 2.57 bits per heavy atom. The van der Waals surface area contributed by atoms with Gasteiger partial charge >= 0.3 is 0 Å². The molecular weight excluding hydrogens is 320 g/mol. The van der Waals surface area contributed by atoms with Crippen molar-refractivity contribution < 1.29 is 18.0 Å². The number of nitrogens with zero attached hydrogens (tertiary/aromatic N) is 2. The molecule has 0 aromatic rings. The SMILES string of the molecule is CC(C(=O)N(C)C)S(=O)(=O)N1CCCCC1CNC(=O)CCN. The maximum Gasteiger partial charge on any atom is 0.241 e. The van der Waals surface area contributed by atoms with Gasteiger partial charge < -0.3 is 16.0 Å². The van der Waals surface area contributed by atoms with Gasteiger partial charge in [-0.15, -0.1) is 0 Å². The first-order chi connectivity index (χ1) is 10.7. The molecular formula is C14H28N4O4S. The summed E-state index contributed by atoms with van der Waals surface area (Å²) in [6.07, 6.45) is 2.55. The maximum absolute atomic E-state index is 12.8. The van der Waals surface area contributed by atoms with Gasteiger partial charge in [-0.05, 0) is 19.8 Å². The lowest BCUT2D eigenvalue weighted by Crippen LogP contribution is -2.54. The molecule has 9 heteroatoms. The number of nitrogens with two attached hydrogens (primary N) is 1. The number of amides is 2. The maximum atomic E-state index is 12.8. The molecule has 0 aromatic carbocycles. The molecule has 1 fully saturated rings. The molecule has 134 valence electrons. The minimum Gasteiger partial charge on any atom is -0.354 e. The van der Waals surface area contributed by atoms with Crippen molar-refractivity contribution in [2.45, 2.75) is 43.9 Å². The Balaban J connectivity index is 2.83. The van der Waals surface area contributed by atoms with E-state index in [1.165, 1.54) is 30.2 Å². The third kappa shape index (κ3) is 5.15. The summed E-state index contributed by atoms with van der Waals surface area (Å²) in [4.78, 5) is 24.9. The van der Waals surface area contributed by atoms with Crippen molar-refractivity contribution >= 4 is 21.8 Å². The lowest BCUT2D eigenvalue weighted by molar-refractivity contribution is -0.128. The fourth-order valence-electron chi connectivity index (χ4n) is 2.66. The largest absolute Gasteiger partial charge is 0.354 e. The molecule has 3 N–H and O–H groups in total. The number of hydrogen-bond acceptors (Lipinski definition) is 5. The van der Waals surface area contributed by atoms with E-state index >= 15 is 0 Å². The molecule has 1 aliphatic rings. The van der Waals surface area contributed by atoms with Gasteiger partial charge in [-0.1, -0.05) is 6.42 Å². The number of carbonyl (C=O) groups is 2. The summed E-state index contributed by atoms with van der Waals surface area (Å²) in [5.74, 6) is -0.630. The minimum absolute atomic E-state index is 0.187. The van der Waals surface area contributed by atoms with Gasteiger partial charge in [-0.2, -0.15) is 4.31 Å². The first kappa shape index (κ1) is 19.9. The van der Waals surface area contributed by atoms with E-state index in [4.69, 9.17) is 5.73 Å². The summed E-state index contributed by atoms with van der Waals surface area (Å²) in [6, 6.07) is -0.312. The van der Waals surface area contributed by atoms with Crippen LogP contribution in [0.1, 0.15) is 32.6 Å². The molecule has 0 saturated carbocycles. The molecule has 1 rings (SSSR count). The van der Waals surface area contributed by atoms with E-state index < -0.39 is 21.2 Å². The quantitative estimate of drug-likeness (QED) is 0.620. The molecule has 0 bridgehead atoms. The molecule has 2 amide bonds. The minimum atomic E-state index is -3.75. The van der Waals surface area contributed by atoms with Gasteiger partial charge in [-0.25, -0.2) is 8.42 Å². The second-order valence-corrected chi connectivity index (χ2v) is 8.23. The van der Waals surface area contributed by atoms with Crippen molar-refractivity contribution in [3.05, 3.63) is 0 Å². The molecule has 2 atom stereocenters. The molecule has 8 nitrogen and oxygen atoms in total. The number of nitrogens with one attached hydrogen (secondary N) is 1. The molecule has 23 heavy (non-hydrogen) atoms. The summed E-state index contributed by atoms with van der Waals surface area (Å²) in [5.41, 5.74) is 5.33. The highest BCUT2D eigenvalue weighted by Crippen LogP contribution is 2.23. The average molecular weight is 348 g/mol. The Hall–Kier alpha value is -1.19. The third-order valence-corrected chi connectivity index (χ3v) is 6.27. The first-order valence-corrected chi connectivity index (χ1v) is 9.40. The van der Waals surface area contributed by atoms with Crippen molar-refractivity contribution in [3.63, 3.8) is 0 Å². The molecule has 1 aliphatic heterocycles. The topological polar surface area (TPSA) is 113 Å². The highest BCUT2D eigenvalue weighted by atomic mass is 32.2. The van der Waals surface area contributed by atoms with Crippen molar-refractivity contribution in [2.75, 3.05) is 33.7 Å². The second-order valence-electron chi connectivity index (χ2n) is 6.02. The lowest BCUT2D eigenvalue weighted by Gasteiger charge is -2.36. The Bertz CT molecular complexity index is 521. The number of carbonyl (C=O) groups excluding carboxylic acids is 2. The van der Waals surface area contributed by atoms with E-state index in [1.807, 2.05) is 0 Å². The molecule has 2 unspecified atom stereocenters. The molecule has 0 aromatic heterocycles. The smallest absolute Gasteiger partial charge is 0.241 e. The normalized spacial score (nSPS) is 20.8. The van der Waals surface area contributed by atoms with Crippen LogP contribution in [0.5, 0.6) is 0 Å². The number of piperidine rings is 1. The predicted octanol–water partition coefficient (Wildman–Crippen LogP) is -0.888. The van der Waals surface area contributed by atoms with E-state index in [-0.39, 0.29) is 31.5 Å². The third-order valence-electron chi connectivity index (χ3n) is 4.04. The van der Waals surface area contributed by atoms with Crippen LogP contribution in [-0.2, 0) is 19.6 Å². The monoisotopic (exact) mass is 348 g/mol. The number of rotatable bonds is 7. The van der Waals surface area contributed by atoms with Crippen molar-refractivity contribution in [1.82, 2.24) is 14.5 Å². The summed E-state index contributed by atoms with van der Waals surface area (Å²) in [5, 5.41) is 1.60. The zero-order valence-electron chi connectivity index (χ0n) is 14.1. The Labute approximate surface area is 138 Å². The molecule has 1 saturated heterocycles. The van der Waals surface area contributed by atoms with Crippen LogP contribution in [-0.4, -0.2) is 74.5 Å². The first-order valence-electron chi connectivity index (χ1n) is 7.90. The van der Waals surface area contributed by atoms with Crippen LogP contribution in [0.15, 0.2) is 0 Å². The van der Waals surface area contributed by atoms with E-state index in [1.54, 1.807) is 0 Å². The highest BCUT2D eigenvalue weighted by molar-refractivity contribution is 7.90. The Morgan fingerprint density at radius 2 is 2.00 bits per heavy atom. The van der Waals surface area contributed by atoms with Crippen LogP contribution in [0.25, 0.3) is 0 Å². The molecule has 0 aliphatic carbocycles. The highest BCUT2D eigenvalue weighted by Gasteiger charge is 2.39. The fraction of sp³-hybridized carbons (Fsp3) is 0.857. The van der Waals surface area contributed by atoms with Crippen molar-refractivity contribution in [1.29, 1.82) is 0 Å². The van der Waals surface area contributed by atoms with Gasteiger partial charge in [-0.3, -0.25) is 9.59 Å². The molecule has 0 spiro atoms. The van der Waals surface area contributed by atoms with Gasteiger partial charge in [0, 0.05) is 46.2 Å². The summed E-state index contributed by atoms with van der Waals surface area (Å²) in [6.45, 7) is 2.30. The lowest BCUT2D eigenvalue weighted by atomic mass is 10.1. The van der Waals surface area contributed by atoms with E-state index in [9.17, 15) is 18.0 Å². The Kier molecular flexibility index (Phi) is 7.43. The van der Waals surface area contributed by atoms with Gasteiger partial charge in [0.2, 0.25) is 21.8 Å². The summed E-state index contributed by atoms with van der Waals surface area (Å²) < 4.78 is 26.9. The van der Waals surface area contributed by atoms with Crippen LogP contribution < -0.4 is 11.1 Å². The van der Waals surface area contributed by atoms with Crippen LogP contribution in [0, 0.1) is 0 Å². The van der Waals surface area contributed by atoms with Gasteiger partial charge in [0.05, 0.1) is 0 Å². The van der Waals surface area contributed by atoms with E-state index in [2.05, 4.69) is 5.32 Å². The summed E-state index contributed by atoms with van der Waals surface area (Å²) >= 11 is 0. The van der Waals surface area contributed by atoms with Crippen LogP contribution >= 0.6 is 0 Å². The van der Waals surface area contributed by atoms with Crippen molar-refractivity contribution in [2.24, 2.45) is 5.73 Å². The number of sulfonamides is 1. The van der Waals surface area contributed by atoms with Crippen LogP contribution in [0.3, 0.4) is 0 Å². The average Bonchev–Trinajstić information content (AvgIpc) is 2.51. The zero-order valence-corrected chi connectivity index (χ0v) is 14.9. The molecule has 0 radical (unpaired) electrons. The Morgan fingerprint density at radius 1 is 1.35 bits per heavy atom. The van der Waals surface area contributed by atoms with Crippen LogP contribution in [0.2, 0.25) is 0 Å². The summed E-state index contributed by atoms with van der Waals surface area (Å²) in [7, 11) is -0.676. The standard InChI is InChI=1S/C14H28N4O4S/c1-11(14(20)17(2)3)23(21,22)18-9-5-4-6-12(18)10-16-13(19)7-8-15/h11-12H,4-10,15H2,1-3H3,(H,16,19). The van der Waals surface area contributed by atoms with Gasteiger partial charge in [0.1, 0.15) is 0 Å². The second kappa shape index (κ2) is 8.60. The predicted molar refractivity (Wildman–Crippen MR) is 88.1 cm³/mol. The van der Waals surface area contributed by atoms with Gasteiger partial charge in [0.25, 0.3) is 0 Å². The fourth-order valence-corrected chi connectivity index (χ4v) is 4.51. The zero-order chi connectivity index (χ0) is 17.6. The van der Waals surface area contributed by atoms with E-state index in [0.29, 0.717) is 13.0 Å². The van der Waals surface area contributed by atoms with Crippen molar-refractivity contribution in [3.8, 4) is 0 Å². The van der Waals surface area contributed by atoms with Crippen LogP contribution in [0.4, 0.5) is 0 Å². The molecule has 1 heterocycles. The van der Waals surface area contributed by atoms with Gasteiger partial charge in [0.15, 0.2) is 5.25 Å².